The highest BCUT2D eigenvalue weighted by Crippen LogP contribution is 2.32. The monoisotopic (exact) mass is 428 g/mol. The molecule has 2 aliphatic rings. The third-order valence-electron chi connectivity index (χ3n) is 5.51. The zero-order chi connectivity index (χ0) is 19.9. The van der Waals surface area contributed by atoms with Gasteiger partial charge in [0.2, 0.25) is 5.91 Å². The number of benzene rings is 1. The lowest BCUT2D eigenvalue weighted by atomic mass is 10.00. The van der Waals surface area contributed by atoms with Crippen molar-refractivity contribution in [1.29, 1.82) is 0 Å². The number of carbonyl (C=O) groups excluding carboxylic acids is 1. The van der Waals surface area contributed by atoms with Crippen molar-refractivity contribution in [2.45, 2.75) is 18.9 Å². The molecule has 1 amide bonds. The number of fused-ring (bicyclic) bond motifs is 1. The zero-order valence-corrected chi connectivity index (χ0v) is 17.6. The van der Waals surface area contributed by atoms with Crippen LogP contribution < -0.4 is 10.2 Å². The predicted octanol–water partition coefficient (Wildman–Crippen LogP) is -0.237. The maximum Gasteiger partial charge on any atom is 0.224 e. The standard InChI is InChI=1S/C20H32N4O4.ClH/c25-12-10-23(11-13-26)15-16(27)14-22-6-8-24(9-7-22)19-3-1-2-18-17(19)4-5-20(28)21-18;/h1-3,16,25-27H,4-15H2,(H,21,28);1H. The summed E-state index contributed by atoms with van der Waals surface area (Å²) in [6, 6.07) is 6.09. The van der Waals surface area contributed by atoms with Crippen LogP contribution in [0.15, 0.2) is 18.2 Å². The van der Waals surface area contributed by atoms with E-state index in [1.807, 2.05) is 17.0 Å². The van der Waals surface area contributed by atoms with E-state index in [4.69, 9.17) is 10.2 Å². The molecule has 1 unspecified atom stereocenters. The molecule has 1 aromatic rings. The number of nitrogens with one attached hydrogen (secondary N) is 1. The van der Waals surface area contributed by atoms with Crippen molar-refractivity contribution in [3.63, 3.8) is 0 Å². The van der Waals surface area contributed by atoms with Gasteiger partial charge in [-0.15, -0.1) is 12.4 Å². The molecule has 1 aromatic carbocycles. The van der Waals surface area contributed by atoms with Crippen molar-refractivity contribution in [2.24, 2.45) is 0 Å². The number of halogens is 1. The SMILES string of the molecule is Cl.O=C1CCc2c(cccc2N2CCN(CC(O)CN(CCO)CCO)CC2)N1. The van der Waals surface area contributed by atoms with Crippen LogP contribution in [-0.2, 0) is 11.2 Å². The Bertz CT molecular complexity index is 649. The van der Waals surface area contributed by atoms with Crippen LogP contribution in [0.3, 0.4) is 0 Å². The highest BCUT2D eigenvalue weighted by atomic mass is 35.5. The summed E-state index contributed by atoms with van der Waals surface area (Å²) in [5.41, 5.74) is 3.36. The van der Waals surface area contributed by atoms with Crippen molar-refractivity contribution < 1.29 is 20.1 Å². The minimum absolute atomic E-state index is 0. The van der Waals surface area contributed by atoms with Crippen LogP contribution in [0.5, 0.6) is 0 Å². The van der Waals surface area contributed by atoms with Crippen LogP contribution in [0.4, 0.5) is 11.4 Å². The topological polar surface area (TPSA) is 99.5 Å². The summed E-state index contributed by atoms with van der Waals surface area (Å²) in [4.78, 5) is 18.1. The molecule has 2 heterocycles. The minimum atomic E-state index is -0.510. The van der Waals surface area contributed by atoms with Gasteiger partial charge in [-0.25, -0.2) is 0 Å². The molecule has 1 fully saturated rings. The van der Waals surface area contributed by atoms with Gasteiger partial charge in [-0.1, -0.05) is 6.07 Å². The maximum atomic E-state index is 11.6. The normalized spacial score (nSPS) is 18.2. The number of nitrogens with zero attached hydrogens (tertiary/aromatic N) is 3. The molecule has 1 saturated heterocycles. The van der Waals surface area contributed by atoms with Crippen molar-refractivity contribution >= 4 is 29.7 Å². The number of piperazine rings is 1. The lowest BCUT2D eigenvalue weighted by Crippen LogP contribution is -2.50. The number of hydrogen-bond donors (Lipinski definition) is 4. The number of β-amino-alcohol motifs (C(OH)–C–C–N with tert-alkyl or cyclic N) is 1. The van der Waals surface area contributed by atoms with Crippen LogP contribution in [0, 0.1) is 0 Å². The van der Waals surface area contributed by atoms with E-state index in [2.05, 4.69) is 21.2 Å². The molecule has 2 aliphatic heterocycles. The summed E-state index contributed by atoms with van der Waals surface area (Å²) in [5.74, 6) is 0.0832. The number of anilines is 2. The fourth-order valence-corrected chi connectivity index (χ4v) is 4.10. The second-order valence-electron chi connectivity index (χ2n) is 7.54. The molecule has 1 atom stereocenters. The van der Waals surface area contributed by atoms with E-state index >= 15 is 0 Å². The Morgan fingerprint density at radius 1 is 1.07 bits per heavy atom. The van der Waals surface area contributed by atoms with Gasteiger partial charge in [0.25, 0.3) is 0 Å². The molecule has 9 heteroatoms. The van der Waals surface area contributed by atoms with E-state index in [1.54, 1.807) is 0 Å². The molecule has 164 valence electrons. The minimum Gasteiger partial charge on any atom is -0.395 e. The number of aliphatic hydroxyl groups excluding tert-OH is 3. The van der Waals surface area contributed by atoms with Crippen LogP contribution in [0.2, 0.25) is 0 Å². The summed E-state index contributed by atoms with van der Waals surface area (Å²) < 4.78 is 0. The lowest BCUT2D eigenvalue weighted by Gasteiger charge is -2.38. The first-order chi connectivity index (χ1) is 13.6. The molecule has 0 aliphatic carbocycles. The second kappa shape index (κ2) is 11.7. The first-order valence-electron chi connectivity index (χ1n) is 10.1. The third kappa shape index (κ3) is 6.53. The van der Waals surface area contributed by atoms with Crippen molar-refractivity contribution in [1.82, 2.24) is 9.80 Å². The number of aliphatic hydroxyl groups is 3. The average molecular weight is 429 g/mol. The fourth-order valence-electron chi connectivity index (χ4n) is 4.10. The van der Waals surface area contributed by atoms with E-state index in [9.17, 15) is 9.90 Å². The summed E-state index contributed by atoms with van der Waals surface area (Å²) in [7, 11) is 0. The molecule has 0 radical (unpaired) electrons. The Hall–Kier alpha value is -1.42. The molecule has 0 spiro atoms. The Balaban J connectivity index is 0.00000300. The average Bonchev–Trinajstić information content (AvgIpc) is 2.68. The van der Waals surface area contributed by atoms with E-state index < -0.39 is 6.10 Å². The number of carbonyl (C=O) groups is 1. The highest BCUT2D eigenvalue weighted by molar-refractivity contribution is 5.95. The Labute approximate surface area is 178 Å². The van der Waals surface area contributed by atoms with Crippen molar-refractivity contribution in [3.05, 3.63) is 23.8 Å². The van der Waals surface area contributed by atoms with Crippen LogP contribution in [-0.4, -0.2) is 103 Å². The largest absolute Gasteiger partial charge is 0.395 e. The first kappa shape index (κ1) is 23.9. The number of rotatable bonds is 9. The molecule has 4 N–H and O–H groups in total. The number of hydrogen-bond acceptors (Lipinski definition) is 7. The summed E-state index contributed by atoms with van der Waals surface area (Å²) in [5, 5.41) is 31.5. The molecule has 0 aromatic heterocycles. The van der Waals surface area contributed by atoms with Crippen LogP contribution in [0.25, 0.3) is 0 Å². The molecule has 8 nitrogen and oxygen atoms in total. The van der Waals surface area contributed by atoms with Crippen LogP contribution >= 0.6 is 12.4 Å². The molecule has 29 heavy (non-hydrogen) atoms. The summed E-state index contributed by atoms with van der Waals surface area (Å²) in [6.07, 6.45) is 0.806. The van der Waals surface area contributed by atoms with Crippen molar-refractivity contribution in [2.75, 3.05) is 75.8 Å². The molecule has 3 rings (SSSR count). The molecule has 0 bridgehead atoms. The maximum absolute atomic E-state index is 11.6. The van der Waals surface area contributed by atoms with Gasteiger partial charge < -0.3 is 25.5 Å². The van der Waals surface area contributed by atoms with Gasteiger partial charge in [-0.2, -0.15) is 0 Å². The summed E-state index contributed by atoms with van der Waals surface area (Å²) >= 11 is 0. The fraction of sp³-hybridized carbons (Fsp3) is 0.650. The first-order valence-corrected chi connectivity index (χ1v) is 10.1. The van der Waals surface area contributed by atoms with Crippen LogP contribution in [0.1, 0.15) is 12.0 Å². The van der Waals surface area contributed by atoms with E-state index in [0.29, 0.717) is 32.6 Å². The van der Waals surface area contributed by atoms with Gasteiger partial charge in [0.1, 0.15) is 0 Å². The second-order valence-corrected chi connectivity index (χ2v) is 7.54. The summed E-state index contributed by atoms with van der Waals surface area (Å²) in [6.45, 7) is 5.50. The van der Waals surface area contributed by atoms with Gasteiger partial charge in [-0.05, 0) is 24.1 Å². The van der Waals surface area contributed by atoms with E-state index in [1.165, 1.54) is 11.3 Å². The van der Waals surface area contributed by atoms with Gasteiger partial charge in [0, 0.05) is 70.2 Å². The third-order valence-corrected chi connectivity index (χ3v) is 5.51. The van der Waals surface area contributed by atoms with Gasteiger partial charge >= 0.3 is 0 Å². The van der Waals surface area contributed by atoms with Crippen molar-refractivity contribution in [3.8, 4) is 0 Å². The lowest BCUT2D eigenvalue weighted by molar-refractivity contribution is -0.116. The Morgan fingerprint density at radius 3 is 2.41 bits per heavy atom. The van der Waals surface area contributed by atoms with Gasteiger partial charge in [0.15, 0.2) is 0 Å². The van der Waals surface area contributed by atoms with Gasteiger partial charge in [-0.3, -0.25) is 14.6 Å². The van der Waals surface area contributed by atoms with E-state index in [-0.39, 0.29) is 31.5 Å². The smallest absolute Gasteiger partial charge is 0.224 e. The highest BCUT2D eigenvalue weighted by Gasteiger charge is 2.24. The Kier molecular flexibility index (Phi) is 9.61. The molecule has 0 saturated carbocycles. The molecular formula is C20H33ClN4O4. The zero-order valence-electron chi connectivity index (χ0n) is 16.8. The Morgan fingerprint density at radius 2 is 1.76 bits per heavy atom. The van der Waals surface area contributed by atoms with E-state index in [0.717, 1.165) is 38.3 Å². The van der Waals surface area contributed by atoms with Gasteiger partial charge in [0.05, 0.1) is 19.3 Å². The molecular weight excluding hydrogens is 396 g/mol. The predicted molar refractivity (Wildman–Crippen MR) is 116 cm³/mol. The number of amides is 1. The quantitative estimate of drug-likeness (QED) is 0.431.